The van der Waals surface area contributed by atoms with Gasteiger partial charge in [-0.05, 0) is 51.8 Å². The number of benzene rings is 1. The van der Waals surface area contributed by atoms with Crippen molar-refractivity contribution in [3.05, 3.63) is 47.8 Å². The topological polar surface area (TPSA) is 4.93 Å². The van der Waals surface area contributed by atoms with Crippen LogP contribution in [0.2, 0.25) is 0 Å². The lowest BCUT2D eigenvalue weighted by Crippen LogP contribution is -2.21. The first-order chi connectivity index (χ1) is 7.88. The van der Waals surface area contributed by atoms with Crippen molar-refractivity contribution >= 4 is 0 Å². The fraction of sp³-hybridized carbons (Fsp3) is 0.375. The molecule has 0 fully saturated rings. The number of aromatic nitrogens is 1. The Bertz CT molecular complexity index is 509. The van der Waals surface area contributed by atoms with E-state index in [4.69, 9.17) is 0 Å². The van der Waals surface area contributed by atoms with Crippen molar-refractivity contribution in [2.75, 3.05) is 0 Å². The second kappa shape index (κ2) is 4.06. The van der Waals surface area contributed by atoms with Crippen molar-refractivity contribution in [2.45, 2.75) is 40.2 Å². The van der Waals surface area contributed by atoms with E-state index in [0.717, 1.165) is 0 Å². The van der Waals surface area contributed by atoms with Gasteiger partial charge in [0.15, 0.2) is 0 Å². The Balaban J connectivity index is 2.45. The zero-order valence-corrected chi connectivity index (χ0v) is 11.4. The second-order valence-electron chi connectivity index (χ2n) is 5.78. The minimum atomic E-state index is 0.146. The molecule has 90 valence electrons. The lowest BCUT2D eigenvalue weighted by molar-refractivity contribution is 0.391. The van der Waals surface area contributed by atoms with Crippen molar-refractivity contribution in [3.8, 4) is 11.1 Å². The molecule has 0 spiro atoms. The largest absolute Gasteiger partial charge is 0.346 e. The molecule has 0 aliphatic carbocycles. The fourth-order valence-corrected chi connectivity index (χ4v) is 2.20. The van der Waals surface area contributed by atoms with Crippen molar-refractivity contribution in [2.24, 2.45) is 0 Å². The van der Waals surface area contributed by atoms with Gasteiger partial charge in [0.25, 0.3) is 0 Å². The molecule has 0 radical (unpaired) electrons. The maximum absolute atomic E-state index is 2.34. The Labute approximate surface area is 104 Å². The average Bonchev–Trinajstić information content (AvgIpc) is 2.61. The lowest BCUT2D eigenvalue weighted by atomic mass is 10.1. The fourth-order valence-electron chi connectivity index (χ4n) is 2.20. The summed E-state index contributed by atoms with van der Waals surface area (Å²) in [4.78, 5) is 0. The molecule has 1 aromatic carbocycles. The lowest BCUT2D eigenvalue weighted by Gasteiger charge is -2.23. The Morgan fingerprint density at radius 3 is 1.94 bits per heavy atom. The zero-order chi connectivity index (χ0) is 12.6. The van der Waals surface area contributed by atoms with Gasteiger partial charge < -0.3 is 4.57 Å². The van der Waals surface area contributed by atoms with Crippen molar-refractivity contribution in [1.29, 1.82) is 0 Å². The van der Waals surface area contributed by atoms with Gasteiger partial charge in [0.1, 0.15) is 0 Å². The predicted octanol–water partition coefficient (Wildman–Crippen LogP) is 4.53. The molecule has 17 heavy (non-hydrogen) atoms. The van der Waals surface area contributed by atoms with Gasteiger partial charge in [-0.1, -0.05) is 29.8 Å². The van der Waals surface area contributed by atoms with Gasteiger partial charge in [-0.2, -0.15) is 0 Å². The molecular weight excluding hydrogens is 206 g/mol. The highest BCUT2D eigenvalue weighted by Gasteiger charge is 2.15. The first-order valence-electron chi connectivity index (χ1n) is 6.14. The van der Waals surface area contributed by atoms with Gasteiger partial charge in [0.05, 0.1) is 0 Å². The highest BCUT2D eigenvalue weighted by molar-refractivity contribution is 5.64. The summed E-state index contributed by atoms with van der Waals surface area (Å²) in [5.41, 5.74) is 5.36. The van der Waals surface area contributed by atoms with Gasteiger partial charge in [0, 0.05) is 17.4 Å². The summed E-state index contributed by atoms with van der Waals surface area (Å²) < 4.78 is 2.34. The Hall–Kier alpha value is -1.50. The zero-order valence-electron chi connectivity index (χ0n) is 11.4. The monoisotopic (exact) mass is 227 g/mol. The molecule has 0 atom stereocenters. The molecule has 0 aliphatic rings. The van der Waals surface area contributed by atoms with Crippen LogP contribution in [-0.4, -0.2) is 4.57 Å². The van der Waals surface area contributed by atoms with Crippen LogP contribution in [-0.2, 0) is 5.54 Å². The highest BCUT2D eigenvalue weighted by atomic mass is 15.0. The molecule has 1 heteroatoms. The minimum Gasteiger partial charge on any atom is -0.346 e. The Kier molecular flexibility index (Phi) is 2.86. The average molecular weight is 227 g/mol. The highest BCUT2D eigenvalue weighted by Crippen LogP contribution is 2.26. The van der Waals surface area contributed by atoms with Crippen LogP contribution in [0.15, 0.2) is 36.5 Å². The van der Waals surface area contributed by atoms with Crippen molar-refractivity contribution in [3.63, 3.8) is 0 Å². The van der Waals surface area contributed by atoms with Gasteiger partial charge >= 0.3 is 0 Å². The van der Waals surface area contributed by atoms with Crippen molar-refractivity contribution < 1.29 is 0 Å². The van der Waals surface area contributed by atoms with E-state index in [-0.39, 0.29) is 5.54 Å². The summed E-state index contributed by atoms with van der Waals surface area (Å²) in [6.45, 7) is 11.0. The number of hydrogen-bond acceptors (Lipinski definition) is 0. The summed E-state index contributed by atoms with van der Waals surface area (Å²) in [7, 11) is 0. The number of rotatable bonds is 1. The van der Waals surface area contributed by atoms with Crippen LogP contribution in [0.4, 0.5) is 0 Å². The molecular formula is C16H21N. The van der Waals surface area contributed by atoms with E-state index in [1.54, 1.807) is 0 Å². The molecule has 0 saturated heterocycles. The molecule has 1 aromatic heterocycles. The second-order valence-corrected chi connectivity index (χ2v) is 5.78. The van der Waals surface area contributed by atoms with Crippen LogP contribution >= 0.6 is 0 Å². The van der Waals surface area contributed by atoms with Gasteiger partial charge in [-0.25, -0.2) is 0 Å². The summed E-state index contributed by atoms with van der Waals surface area (Å²) in [6, 6.07) is 11.0. The van der Waals surface area contributed by atoms with Crippen LogP contribution < -0.4 is 0 Å². The molecule has 0 N–H and O–H groups in total. The van der Waals surface area contributed by atoms with E-state index < -0.39 is 0 Å². The van der Waals surface area contributed by atoms with Gasteiger partial charge in [-0.15, -0.1) is 0 Å². The standard InChI is InChI=1S/C16H21N/c1-12-6-8-14(9-7-12)15-10-13(2)17(11-15)16(3,4)5/h6-11H,1-5H3. The summed E-state index contributed by atoms with van der Waals surface area (Å²) in [5.74, 6) is 0. The molecule has 1 heterocycles. The molecule has 0 amide bonds. The normalized spacial score (nSPS) is 11.8. The number of nitrogens with zero attached hydrogens (tertiary/aromatic N) is 1. The summed E-state index contributed by atoms with van der Waals surface area (Å²) >= 11 is 0. The predicted molar refractivity (Wildman–Crippen MR) is 74.3 cm³/mol. The van der Waals surface area contributed by atoms with Crippen LogP contribution in [0.5, 0.6) is 0 Å². The first kappa shape index (κ1) is 12.0. The first-order valence-corrected chi connectivity index (χ1v) is 6.14. The van der Waals surface area contributed by atoms with E-state index >= 15 is 0 Å². The third-order valence-corrected chi connectivity index (χ3v) is 3.12. The van der Waals surface area contributed by atoms with Crippen LogP contribution in [0, 0.1) is 13.8 Å². The molecule has 0 saturated carbocycles. The smallest absolute Gasteiger partial charge is 0.0358 e. The van der Waals surface area contributed by atoms with Gasteiger partial charge in [-0.3, -0.25) is 0 Å². The van der Waals surface area contributed by atoms with E-state index in [0.29, 0.717) is 0 Å². The summed E-state index contributed by atoms with van der Waals surface area (Å²) in [6.07, 6.45) is 2.25. The Morgan fingerprint density at radius 2 is 1.47 bits per heavy atom. The maximum atomic E-state index is 2.34. The quantitative estimate of drug-likeness (QED) is 0.674. The molecule has 0 bridgehead atoms. The number of aryl methyl sites for hydroxylation is 2. The third kappa shape index (κ3) is 2.44. The summed E-state index contributed by atoms with van der Waals surface area (Å²) in [5, 5.41) is 0. The van der Waals surface area contributed by atoms with Crippen LogP contribution in [0.3, 0.4) is 0 Å². The van der Waals surface area contributed by atoms with E-state index in [2.05, 4.69) is 75.7 Å². The van der Waals surface area contributed by atoms with E-state index in [1.165, 1.54) is 22.4 Å². The maximum Gasteiger partial charge on any atom is 0.0358 e. The molecule has 0 unspecified atom stereocenters. The van der Waals surface area contributed by atoms with Crippen LogP contribution in [0.25, 0.3) is 11.1 Å². The number of hydrogen-bond donors (Lipinski definition) is 0. The van der Waals surface area contributed by atoms with E-state index in [1.807, 2.05) is 0 Å². The SMILES string of the molecule is Cc1ccc(-c2cc(C)n(C(C)(C)C)c2)cc1. The van der Waals surface area contributed by atoms with Crippen LogP contribution in [0.1, 0.15) is 32.0 Å². The Morgan fingerprint density at radius 1 is 0.882 bits per heavy atom. The molecule has 0 aliphatic heterocycles. The molecule has 2 rings (SSSR count). The third-order valence-electron chi connectivity index (χ3n) is 3.12. The van der Waals surface area contributed by atoms with E-state index in [9.17, 15) is 0 Å². The van der Waals surface area contributed by atoms with Crippen molar-refractivity contribution in [1.82, 2.24) is 4.57 Å². The molecule has 2 aromatic rings. The minimum absolute atomic E-state index is 0.146. The van der Waals surface area contributed by atoms with Gasteiger partial charge in [0.2, 0.25) is 0 Å². The molecule has 1 nitrogen and oxygen atoms in total.